The van der Waals surface area contributed by atoms with E-state index in [2.05, 4.69) is 38.2 Å². The van der Waals surface area contributed by atoms with Crippen molar-refractivity contribution in [1.29, 1.82) is 0 Å². The minimum atomic E-state index is 0.788. The van der Waals surface area contributed by atoms with Gasteiger partial charge in [-0.25, -0.2) is 9.97 Å². The van der Waals surface area contributed by atoms with Crippen LogP contribution >= 0.6 is 11.3 Å². The molecule has 92 valence electrons. The maximum absolute atomic E-state index is 4.62. The van der Waals surface area contributed by atoms with Gasteiger partial charge in [-0.15, -0.1) is 11.3 Å². The van der Waals surface area contributed by atoms with E-state index in [4.69, 9.17) is 0 Å². The monoisotopic (exact) mass is 258 g/mol. The molecule has 4 nitrogen and oxygen atoms in total. The predicted octanol–water partition coefficient (Wildman–Crippen LogP) is 2.26. The number of imidazole rings is 1. The molecule has 0 spiro atoms. The lowest BCUT2D eigenvalue weighted by Gasteiger charge is -1.96. The van der Waals surface area contributed by atoms with Crippen LogP contribution in [0.15, 0.2) is 36.8 Å². The Bertz CT molecular complexity index is 623. The summed E-state index contributed by atoms with van der Waals surface area (Å²) in [6, 6.07) is 8.23. The molecular formula is C13H14N4S. The van der Waals surface area contributed by atoms with Crippen molar-refractivity contribution < 1.29 is 0 Å². The molecule has 0 aliphatic rings. The van der Waals surface area contributed by atoms with Crippen molar-refractivity contribution in [3.63, 3.8) is 0 Å². The second-order valence-electron chi connectivity index (χ2n) is 4.14. The summed E-state index contributed by atoms with van der Waals surface area (Å²) >= 11 is 1.74. The van der Waals surface area contributed by atoms with Gasteiger partial charge in [-0.3, -0.25) is 0 Å². The Kier molecular flexibility index (Phi) is 3.08. The number of para-hydroxylation sites is 1. The standard InChI is InChI=1S/C13H14N4S/c1-14-6-10-7-17(9-15-10)8-13-16-11-4-2-3-5-12(11)18-13/h2-5,7,9,14H,6,8H2,1H3. The van der Waals surface area contributed by atoms with E-state index in [-0.39, 0.29) is 0 Å². The summed E-state index contributed by atoms with van der Waals surface area (Å²) in [6.07, 6.45) is 3.92. The Labute approximate surface area is 109 Å². The second kappa shape index (κ2) is 4.88. The first kappa shape index (κ1) is 11.4. The number of nitrogens with zero attached hydrogens (tertiary/aromatic N) is 3. The van der Waals surface area contributed by atoms with Crippen LogP contribution in [0.3, 0.4) is 0 Å². The molecule has 18 heavy (non-hydrogen) atoms. The predicted molar refractivity (Wildman–Crippen MR) is 73.7 cm³/mol. The Morgan fingerprint density at radius 3 is 3.06 bits per heavy atom. The lowest BCUT2D eigenvalue weighted by molar-refractivity contribution is 0.779. The molecule has 0 atom stereocenters. The third-order valence-corrected chi connectivity index (χ3v) is 3.72. The second-order valence-corrected chi connectivity index (χ2v) is 5.26. The molecule has 1 aromatic carbocycles. The maximum atomic E-state index is 4.62. The number of thiazole rings is 1. The zero-order valence-electron chi connectivity index (χ0n) is 10.1. The van der Waals surface area contributed by atoms with Crippen LogP contribution in [0.2, 0.25) is 0 Å². The maximum Gasteiger partial charge on any atom is 0.114 e. The highest BCUT2D eigenvalue weighted by Crippen LogP contribution is 2.22. The van der Waals surface area contributed by atoms with E-state index >= 15 is 0 Å². The van der Waals surface area contributed by atoms with E-state index in [1.54, 1.807) is 11.3 Å². The molecule has 0 radical (unpaired) electrons. The van der Waals surface area contributed by atoms with Crippen LogP contribution in [0.25, 0.3) is 10.2 Å². The summed E-state index contributed by atoms with van der Waals surface area (Å²) in [4.78, 5) is 8.95. The highest BCUT2D eigenvalue weighted by molar-refractivity contribution is 7.18. The van der Waals surface area contributed by atoms with Crippen molar-refractivity contribution >= 4 is 21.6 Å². The molecule has 2 aromatic heterocycles. The quantitative estimate of drug-likeness (QED) is 0.780. The lowest BCUT2D eigenvalue weighted by atomic mass is 10.3. The third kappa shape index (κ3) is 2.27. The van der Waals surface area contributed by atoms with Crippen molar-refractivity contribution in [3.8, 4) is 0 Å². The highest BCUT2D eigenvalue weighted by atomic mass is 32.1. The molecule has 0 saturated carbocycles. The van der Waals surface area contributed by atoms with Crippen LogP contribution in [-0.2, 0) is 13.1 Å². The fourth-order valence-electron chi connectivity index (χ4n) is 1.91. The topological polar surface area (TPSA) is 42.7 Å². The fourth-order valence-corrected chi connectivity index (χ4v) is 2.89. The molecule has 5 heteroatoms. The number of hydrogen-bond donors (Lipinski definition) is 1. The van der Waals surface area contributed by atoms with Gasteiger partial charge in [0, 0.05) is 12.7 Å². The molecule has 0 amide bonds. The average molecular weight is 258 g/mol. The Morgan fingerprint density at radius 1 is 1.33 bits per heavy atom. The summed E-state index contributed by atoms with van der Waals surface area (Å²) in [5.41, 5.74) is 2.13. The number of benzene rings is 1. The number of fused-ring (bicyclic) bond motifs is 1. The van der Waals surface area contributed by atoms with Gasteiger partial charge in [0.05, 0.1) is 28.8 Å². The van der Waals surface area contributed by atoms with Crippen LogP contribution in [0.1, 0.15) is 10.7 Å². The van der Waals surface area contributed by atoms with Crippen molar-refractivity contribution in [1.82, 2.24) is 19.9 Å². The summed E-state index contributed by atoms with van der Waals surface area (Å²) in [6.45, 7) is 1.59. The average Bonchev–Trinajstić information content (AvgIpc) is 2.96. The molecule has 0 saturated heterocycles. The molecular weight excluding hydrogens is 244 g/mol. The SMILES string of the molecule is CNCc1cn(Cc2nc3ccccc3s2)cn1. The Balaban J connectivity index is 1.82. The van der Waals surface area contributed by atoms with Gasteiger partial charge in [0.2, 0.25) is 0 Å². The number of rotatable bonds is 4. The normalized spacial score (nSPS) is 11.2. The van der Waals surface area contributed by atoms with Gasteiger partial charge >= 0.3 is 0 Å². The van der Waals surface area contributed by atoms with Gasteiger partial charge in [-0.1, -0.05) is 12.1 Å². The molecule has 0 bridgehead atoms. The van der Waals surface area contributed by atoms with Crippen molar-refractivity contribution in [3.05, 3.63) is 47.5 Å². The first-order valence-electron chi connectivity index (χ1n) is 5.85. The molecule has 0 aliphatic heterocycles. The zero-order valence-corrected chi connectivity index (χ0v) is 10.9. The molecule has 0 fully saturated rings. The Hall–Kier alpha value is -1.72. The smallest absolute Gasteiger partial charge is 0.114 e. The number of aromatic nitrogens is 3. The van der Waals surface area contributed by atoms with E-state index < -0.39 is 0 Å². The van der Waals surface area contributed by atoms with Crippen LogP contribution in [0, 0.1) is 0 Å². The third-order valence-electron chi connectivity index (χ3n) is 2.70. The van der Waals surface area contributed by atoms with E-state index in [1.165, 1.54) is 4.70 Å². The van der Waals surface area contributed by atoms with Gasteiger partial charge in [-0.05, 0) is 19.2 Å². The fraction of sp³-hybridized carbons (Fsp3) is 0.231. The summed E-state index contributed by atoms with van der Waals surface area (Å²) in [7, 11) is 1.92. The zero-order chi connectivity index (χ0) is 12.4. The first-order valence-corrected chi connectivity index (χ1v) is 6.66. The number of nitrogens with one attached hydrogen (secondary N) is 1. The molecule has 1 N–H and O–H groups in total. The summed E-state index contributed by atoms with van der Waals surface area (Å²) in [5, 5.41) is 4.21. The molecule has 3 rings (SSSR count). The molecule has 0 aliphatic carbocycles. The largest absolute Gasteiger partial charge is 0.330 e. The lowest BCUT2D eigenvalue weighted by Crippen LogP contribution is -2.05. The minimum absolute atomic E-state index is 0.788. The van der Waals surface area contributed by atoms with Gasteiger partial charge in [-0.2, -0.15) is 0 Å². The van der Waals surface area contributed by atoms with Crippen molar-refractivity contribution in [2.45, 2.75) is 13.1 Å². The van der Waals surface area contributed by atoms with E-state index in [0.717, 1.165) is 29.3 Å². The van der Waals surface area contributed by atoms with Gasteiger partial charge < -0.3 is 9.88 Å². The molecule has 0 unspecified atom stereocenters. The van der Waals surface area contributed by atoms with E-state index in [9.17, 15) is 0 Å². The van der Waals surface area contributed by atoms with Crippen LogP contribution in [0.5, 0.6) is 0 Å². The van der Waals surface area contributed by atoms with Crippen molar-refractivity contribution in [2.24, 2.45) is 0 Å². The Morgan fingerprint density at radius 2 is 2.22 bits per heavy atom. The first-order chi connectivity index (χ1) is 8.85. The molecule has 3 aromatic rings. The molecule has 2 heterocycles. The summed E-state index contributed by atoms with van der Waals surface area (Å²) in [5.74, 6) is 0. The minimum Gasteiger partial charge on any atom is -0.330 e. The summed E-state index contributed by atoms with van der Waals surface area (Å²) < 4.78 is 3.31. The van der Waals surface area contributed by atoms with Crippen LogP contribution in [-0.4, -0.2) is 21.6 Å². The van der Waals surface area contributed by atoms with E-state index in [0.29, 0.717) is 0 Å². The van der Waals surface area contributed by atoms with Gasteiger partial charge in [0.1, 0.15) is 5.01 Å². The van der Waals surface area contributed by atoms with Gasteiger partial charge in [0.15, 0.2) is 0 Å². The van der Waals surface area contributed by atoms with Crippen molar-refractivity contribution in [2.75, 3.05) is 7.05 Å². The number of hydrogen-bond acceptors (Lipinski definition) is 4. The van der Waals surface area contributed by atoms with Crippen LogP contribution in [0.4, 0.5) is 0 Å². The van der Waals surface area contributed by atoms with Crippen LogP contribution < -0.4 is 5.32 Å². The van der Waals surface area contributed by atoms with Gasteiger partial charge in [0.25, 0.3) is 0 Å². The highest BCUT2D eigenvalue weighted by Gasteiger charge is 2.04. The van der Waals surface area contributed by atoms with E-state index in [1.807, 2.05) is 25.5 Å².